The average Bonchev–Trinajstić information content (AvgIpc) is 2.91. The van der Waals surface area contributed by atoms with E-state index in [0.717, 1.165) is 0 Å². The normalized spacial score (nSPS) is 11.4. The van der Waals surface area contributed by atoms with Crippen LogP contribution in [0.5, 0.6) is 0 Å². The van der Waals surface area contributed by atoms with Gasteiger partial charge in [0.25, 0.3) is 0 Å². The Bertz CT molecular complexity index is 567. The molecule has 94 valence electrons. The van der Waals surface area contributed by atoms with Crippen molar-refractivity contribution < 1.29 is 45.7 Å². The Labute approximate surface area is 139 Å². The summed E-state index contributed by atoms with van der Waals surface area (Å²) in [7, 11) is 0. The molecule has 0 saturated heterocycles. The van der Waals surface area contributed by atoms with Gasteiger partial charge < -0.3 is 6.53 Å². The van der Waals surface area contributed by atoms with Crippen LogP contribution in [-0.2, 0) is 4.79 Å². The number of carbonyl (C=O) groups is 2. The number of ketones is 1. The fourth-order valence-corrected chi connectivity index (χ4v) is 2.30. The fourth-order valence-electron chi connectivity index (χ4n) is 1.62. The molecule has 1 heterocycles. The molecule has 0 saturated carbocycles. The SMILES string of the molecule is CC(C(=O)O)c1ccc(C(=O)c2cccs2)cc1.[H-].[Na+]. The van der Waals surface area contributed by atoms with E-state index in [0.29, 0.717) is 16.0 Å². The molecule has 3 nitrogen and oxygen atoms in total. The average molecular weight is 284 g/mol. The largest absolute Gasteiger partial charge is 1.00 e. The van der Waals surface area contributed by atoms with Gasteiger partial charge >= 0.3 is 35.5 Å². The van der Waals surface area contributed by atoms with E-state index in [2.05, 4.69) is 0 Å². The molecule has 1 N–H and O–H groups in total. The Morgan fingerprint density at radius 1 is 1.21 bits per heavy atom. The second kappa shape index (κ2) is 7.01. The Kier molecular flexibility index (Phi) is 5.94. The first kappa shape index (κ1) is 16.1. The molecular formula is C14H13NaO3S. The number of benzene rings is 1. The van der Waals surface area contributed by atoms with Gasteiger partial charge in [-0.2, -0.15) is 0 Å². The molecule has 0 amide bonds. The first-order chi connectivity index (χ1) is 8.59. The van der Waals surface area contributed by atoms with Gasteiger partial charge in [0, 0.05) is 5.56 Å². The van der Waals surface area contributed by atoms with Gasteiger partial charge in [-0.1, -0.05) is 30.3 Å². The summed E-state index contributed by atoms with van der Waals surface area (Å²) < 4.78 is 0. The van der Waals surface area contributed by atoms with Crippen LogP contribution < -0.4 is 29.6 Å². The molecule has 1 aromatic carbocycles. The monoisotopic (exact) mass is 284 g/mol. The molecule has 0 spiro atoms. The minimum atomic E-state index is -0.868. The summed E-state index contributed by atoms with van der Waals surface area (Å²) in [4.78, 5) is 23.5. The molecule has 2 aromatic rings. The predicted octanol–water partition coefficient (Wildman–Crippen LogP) is 0.284. The first-order valence-corrected chi connectivity index (χ1v) is 6.38. The number of aliphatic carboxylic acids is 1. The molecule has 5 heteroatoms. The van der Waals surface area contributed by atoms with Gasteiger partial charge in [0.05, 0.1) is 10.8 Å². The number of hydrogen-bond donors (Lipinski definition) is 1. The van der Waals surface area contributed by atoms with E-state index in [1.165, 1.54) is 11.3 Å². The first-order valence-electron chi connectivity index (χ1n) is 5.50. The summed E-state index contributed by atoms with van der Waals surface area (Å²) in [6.45, 7) is 1.62. The fraction of sp³-hybridized carbons (Fsp3) is 0.143. The van der Waals surface area contributed by atoms with Crippen molar-refractivity contribution in [2.45, 2.75) is 12.8 Å². The van der Waals surface area contributed by atoms with Gasteiger partial charge in [0.1, 0.15) is 0 Å². The zero-order valence-electron chi connectivity index (χ0n) is 11.8. The summed E-state index contributed by atoms with van der Waals surface area (Å²) in [5, 5.41) is 10.8. The van der Waals surface area contributed by atoms with Crippen molar-refractivity contribution in [3.8, 4) is 0 Å². The van der Waals surface area contributed by atoms with E-state index >= 15 is 0 Å². The molecule has 0 aliphatic carbocycles. The second-order valence-electron chi connectivity index (χ2n) is 3.99. The number of rotatable bonds is 4. The van der Waals surface area contributed by atoms with Gasteiger partial charge in [-0.3, -0.25) is 9.59 Å². The number of carboxylic acid groups (broad SMARTS) is 1. The van der Waals surface area contributed by atoms with Crippen LogP contribution >= 0.6 is 11.3 Å². The van der Waals surface area contributed by atoms with Crippen LogP contribution in [0.2, 0.25) is 0 Å². The van der Waals surface area contributed by atoms with E-state index in [9.17, 15) is 9.59 Å². The number of hydrogen-bond acceptors (Lipinski definition) is 3. The van der Waals surface area contributed by atoms with Crippen LogP contribution in [0.25, 0.3) is 0 Å². The Balaban J connectivity index is 0.00000180. The smallest absolute Gasteiger partial charge is 1.00 e. The van der Waals surface area contributed by atoms with E-state index < -0.39 is 11.9 Å². The standard InChI is InChI=1S/C14H12O3S.Na.H/c1-9(14(16)17)10-4-6-11(7-5-10)13(15)12-3-2-8-18-12;;/h2-9H,1H3,(H,16,17);;/q;+1;-1. The molecule has 2 rings (SSSR count). The van der Waals surface area contributed by atoms with Crippen LogP contribution in [-0.4, -0.2) is 16.9 Å². The van der Waals surface area contributed by atoms with Gasteiger partial charge in [0.15, 0.2) is 0 Å². The molecule has 0 aliphatic heterocycles. The van der Waals surface area contributed by atoms with Gasteiger partial charge in [-0.15, -0.1) is 11.3 Å². The van der Waals surface area contributed by atoms with E-state index in [1.54, 1.807) is 37.3 Å². The second-order valence-corrected chi connectivity index (χ2v) is 4.94. The molecule has 0 radical (unpaired) electrons. The third kappa shape index (κ3) is 3.76. The van der Waals surface area contributed by atoms with Crippen molar-refractivity contribution in [1.29, 1.82) is 0 Å². The molecule has 1 aromatic heterocycles. The van der Waals surface area contributed by atoms with Crippen molar-refractivity contribution in [1.82, 2.24) is 0 Å². The maximum atomic E-state index is 12.0. The van der Waals surface area contributed by atoms with Crippen LogP contribution in [0.3, 0.4) is 0 Å². The van der Waals surface area contributed by atoms with E-state index in [1.807, 2.05) is 11.4 Å². The van der Waals surface area contributed by atoms with Crippen molar-refractivity contribution in [2.24, 2.45) is 0 Å². The Morgan fingerprint density at radius 3 is 2.32 bits per heavy atom. The van der Waals surface area contributed by atoms with Crippen LogP contribution in [0.15, 0.2) is 41.8 Å². The van der Waals surface area contributed by atoms with E-state index in [4.69, 9.17) is 5.11 Å². The van der Waals surface area contributed by atoms with Gasteiger partial charge in [-0.05, 0) is 23.9 Å². The zero-order chi connectivity index (χ0) is 13.1. The van der Waals surface area contributed by atoms with Crippen molar-refractivity contribution in [2.75, 3.05) is 0 Å². The zero-order valence-corrected chi connectivity index (χ0v) is 13.6. The minimum absolute atomic E-state index is 0. The molecule has 0 aliphatic rings. The minimum Gasteiger partial charge on any atom is -1.00 e. The topological polar surface area (TPSA) is 54.4 Å². The summed E-state index contributed by atoms with van der Waals surface area (Å²) in [5.41, 5.74) is 1.28. The Hall–Kier alpha value is -0.940. The summed E-state index contributed by atoms with van der Waals surface area (Å²) in [5.74, 6) is -1.46. The van der Waals surface area contributed by atoms with Crippen molar-refractivity contribution in [3.05, 3.63) is 57.8 Å². The van der Waals surface area contributed by atoms with Crippen LogP contribution in [0.1, 0.15) is 35.1 Å². The maximum Gasteiger partial charge on any atom is 1.00 e. The molecule has 0 bridgehead atoms. The molecule has 0 fully saturated rings. The van der Waals surface area contributed by atoms with E-state index in [-0.39, 0.29) is 36.8 Å². The maximum absolute atomic E-state index is 12.0. The number of thiophene rings is 1. The van der Waals surface area contributed by atoms with Crippen molar-refractivity contribution >= 4 is 23.1 Å². The number of carbonyl (C=O) groups excluding carboxylic acids is 1. The summed E-state index contributed by atoms with van der Waals surface area (Å²) >= 11 is 1.40. The number of carboxylic acids is 1. The van der Waals surface area contributed by atoms with Crippen molar-refractivity contribution in [3.63, 3.8) is 0 Å². The third-order valence-electron chi connectivity index (χ3n) is 2.79. The Morgan fingerprint density at radius 2 is 1.84 bits per heavy atom. The third-order valence-corrected chi connectivity index (χ3v) is 3.66. The van der Waals surface area contributed by atoms with Gasteiger partial charge in [-0.25, -0.2) is 0 Å². The molecule has 1 atom stereocenters. The molecular weight excluding hydrogens is 271 g/mol. The molecule has 19 heavy (non-hydrogen) atoms. The molecule has 1 unspecified atom stereocenters. The summed E-state index contributed by atoms with van der Waals surface area (Å²) in [6.07, 6.45) is 0. The predicted molar refractivity (Wildman–Crippen MR) is 71.4 cm³/mol. The summed E-state index contributed by atoms with van der Waals surface area (Å²) in [6, 6.07) is 10.4. The quantitative estimate of drug-likeness (QED) is 0.648. The van der Waals surface area contributed by atoms with Gasteiger partial charge in [0.2, 0.25) is 5.78 Å². The van der Waals surface area contributed by atoms with Crippen LogP contribution in [0, 0.1) is 0 Å². The van der Waals surface area contributed by atoms with Crippen LogP contribution in [0.4, 0.5) is 0 Å².